The Bertz CT molecular complexity index is 469. The molecular formula is C13H18N2O3S. The number of benzene rings is 1. The molecule has 0 heterocycles. The Hall–Kier alpha value is -1.43. The Kier molecular flexibility index (Phi) is 4.19. The number of thioether (sulfide) groups is 1. The predicted molar refractivity (Wildman–Crippen MR) is 78.2 cm³/mol. The van der Waals surface area contributed by atoms with Crippen molar-refractivity contribution >= 4 is 23.1 Å². The molecule has 0 amide bonds. The molecule has 1 N–H and O–H groups in total. The predicted octanol–water partition coefficient (Wildman–Crippen LogP) is 3.30. The average Bonchev–Trinajstić information content (AvgIpc) is 2.37. The zero-order chi connectivity index (χ0) is 13.9. The van der Waals surface area contributed by atoms with Crippen LogP contribution in [0.1, 0.15) is 19.3 Å². The van der Waals surface area contributed by atoms with Crippen molar-refractivity contribution in [3.8, 4) is 5.75 Å². The van der Waals surface area contributed by atoms with Crippen molar-refractivity contribution in [2.24, 2.45) is 0 Å². The lowest BCUT2D eigenvalue weighted by atomic mass is 9.84. The lowest BCUT2D eigenvalue weighted by Gasteiger charge is -2.40. The second-order valence-electron chi connectivity index (χ2n) is 4.74. The monoisotopic (exact) mass is 282 g/mol. The second kappa shape index (κ2) is 5.69. The summed E-state index contributed by atoms with van der Waals surface area (Å²) in [5.74, 6) is 0.293. The number of anilines is 1. The summed E-state index contributed by atoms with van der Waals surface area (Å²) in [5, 5.41) is 14.2. The molecule has 0 unspecified atom stereocenters. The molecule has 1 aromatic carbocycles. The van der Waals surface area contributed by atoms with Gasteiger partial charge in [-0.15, -0.1) is 0 Å². The van der Waals surface area contributed by atoms with Gasteiger partial charge in [0.1, 0.15) is 0 Å². The Labute approximate surface area is 116 Å². The van der Waals surface area contributed by atoms with E-state index in [1.807, 2.05) is 11.8 Å². The number of nitro benzene ring substituents is 1. The van der Waals surface area contributed by atoms with Gasteiger partial charge in [0.15, 0.2) is 5.75 Å². The Morgan fingerprint density at radius 2 is 2.26 bits per heavy atom. The van der Waals surface area contributed by atoms with E-state index < -0.39 is 4.92 Å². The highest BCUT2D eigenvalue weighted by Gasteiger charge is 2.35. The maximum Gasteiger partial charge on any atom is 0.311 e. The van der Waals surface area contributed by atoms with Gasteiger partial charge in [-0.3, -0.25) is 10.1 Å². The molecule has 0 radical (unpaired) electrons. The van der Waals surface area contributed by atoms with E-state index in [2.05, 4.69) is 11.6 Å². The summed E-state index contributed by atoms with van der Waals surface area (Å²) in [6, 6.07) is 4.89. The largest absolute Gasteiger partial charge is 0.490 e. The van der Waals surface area contributed by atoms with E-state index in [-0.39, 0.29) is 5.69 Å². The molecule has 1 saturated carbocycles. The van der Waals surface area contributed by atoms with Crippen molar-refractivity contribution in [1.82, 2.24) is 0 Å². The van der Waals surface area contributed by atoms with Gasteiger partial charge in [0.05, 0.1) is 12.0 Å². The lowest BCUT2D eigenvalue weighted by molar-refractivity contribution is -0.385. The fraction of sp³-hybridized carbons (Fsp3) is 0.538. The summed E-state index contributed by atoms with van der Waals surface area (Å²) in [5.41, 5.74) is 0.860. The molecule has 0 spiro atoms. The molecule has 0 atom stereocenters. The van der Waals surface area contributed by atoms with Crippen LogP contribution in [0.15, 0.2) is 18.2 Å². The second-order valence-corrected chi connectivity index (χ2v) is 6.01. The fourth-order valence-electron chi connectivity index (χ4n) is 2.23. The van der Waals surface area contributed by atoms with Crippen LogP contribution in [0, 0.1) is 10.1 Å². The van der Waals surface area contributed by atoms with E-state index >= 15 is 0 Å². The van der Waals surface area contributed by atoms with Gasteiger partial charge < -0.3 is 10.1 Å². The van der Waals surface area contributed by atoms with Crippen LogP contribution in [0.5, 0.6) is 5.75 Å². The first-order chi connectivity index (χ1) is 9.10. The molecule has 2 rings (SSSR count). The van der Waals surface area contributed by atoms with Gasteiger partial charge in [-0.2, -0.15) is 11.8 Å². The molecule has 1 fully saturated rings. The topological polar surface area (TPSA) is 64.4 Å². The van der Waals surface area contributed by atoms with E-state index in [1.54, 1.807) is 12.1 Å². The summed E-state index contributed by atoms with van der Waals surface area (Å²) in [7, 11) is 1.45. The molecule has 19 heavy (non-hydrogen) atoms. The minimum absolute atomic E-state index is 0.00345. The maximum atomic E-state index is 10.8. The number of methoxy groups -OCH3 is 1. The van der Waals surface area contributed by atoms with Gasteiger partial charge >= 0.3 is 5.69 Å². The summed E-state index contributed by atoms with van der Waals surface area (Å²) < 4.78 is 5.39. The van der Waals surface area contributed by atoms with E-state index in [9.17, 15) is 10.1 Å². The highest BCUT2D eigenvalue weighted by atomic mass is 32.2. The molecule has 1 aromatic rings. The van der Waals surface area contributed by atoms with Crippen LogP contribution in [0.25, 0.3) is 0 Å². The van der Waals surface area contributed by atoms with Crippen LogP contribution in [-0.2, 0) is 0 Å². The van der Waals surface area contributed by atoms with Crippen LogP contribution in [0.3, 0.4) is 0 Å². The molecule has 0 aromatic heterocycles. The Morgan fingerprint density at radius 3 is 2.74 bits per heavy atom. The van der Waals surface area contributed by atoms with Gasteiger partial charge in [0, 0.05) is 29.1 Å². The molecule has 5 nitrogen and oxygen atoms in total. The van der Waals surface area contributed by atoms with Gasteiger partial charge in [-0.1, -0.05) is 6.42 Å². The number of nitrogens with one attached hydrogen (secondary N) is 1. The number of nitro groups is 1. The highest BCUT2D eigenvalue weighted by molar-refractivity contribution is 8.00. The van der Waals surface area contributed by atoms with Crippen molar-refractivity contribution in [3.63, 3.8) is 0 Å². The van der Waals surface area contributed by atoms with Crippen molar-refractivity contribution < 1.29 is 9.66 Å². The van der Waals surface area contributed by atoms with Gasteiger partial charge in [-0.25, -0.2) is 0 Å². The van der Waals surface area contributed by atoms with Crippen molar-refractivity contribution in [1.29, 1.82) is 0 Å². The number of hydrogen-bond acceptors (Lipinski definition) is 5. The quantitative estimate of drug-likeness (QED) is 0.640. The van der Waals surface area contributed by atoms with Crippen molar-refractivity contribution in [2.45, 2.75) is 24.0 Å². The van der Waals surface area contributed by atoms with Crippen LogP contribution in [0.4, 0.5) is 11.4 Å². The molecule has 1 aliphatic rings. The van der Waals surface area contributed by atoms with Crippen molar-refractivity contribution in [2.75, 3.05) is 25.2 Å². The van der Waals surface area contributed by atoms with Gasteiger partial charge in [0.2, 0.25) is 0 Å². The maximum absolute atomic E-state index is 10.8. The van der Waals surface area contributed by atoms with Crippen molar-refractivity contribution in [3.05, 3.63) is 28.3 Å². The fourth-order valence-corrected chi connectivity index (χ4v) is 3.14. The number of hydrogen-bond donors (Lipinski definition) is 1. The first-order valence-electron chi connectivity index (χ1n) is 6.22. The van der Waals surface area contributed by atoms with Crippen LogP contribution in [-0.4, -0.2) is 29.6 Å². The molecule has 104 valence electrons. The molecule has 6 heteroatoms. The summed E-state index contributed by atoms with van der Waals surface area (Å²) >= 11 is 1.89. The zero-order valence-electron chi connectivity index (χ0n) is 11.1. The van der Waals surface area contributed by atoms with E-state index in [4.69, 9.17) is 4.74 Å². The minimum atomic E-state index is -0.433. The Morgan fingerprint density at radius 1 is 1.53 bits per heavy atom. The SMILES string of the molecule is COc1cc(NCC2(SC)CCC2)ccc1[N+](=O)[O-]. The van der Waals surface area contributed by atoms with Crippen LogP contribution < -0.4 is 10.1 Å². The Balaban J connectivity index is 2.07. The third-order valence-corrected chi connectivity index (χ3v) is 5.11. The first kappa shape index (κ1) is 14.0. The minimum Gasteiger partial charge on any atom is -0.490 e. The lowest BCUT2D eigenvalue weighted by Crippen LogP contribution is -2.40. The van der Waals surface area contributed by atoms with E-state index in [0.717, 1.165) is 12.2 Å². The highest BCUT2D eigenvalue weighted by Crippen LogP contribution is 2.43. The third kappa shape index (κ3) is 2.94. The molecule has 0 bridgehead atoms. The van der Waals surface area contributed by atoms with Gasteiger partial charge in [-0.05, 0) is 25.2 Å². The average molecular weight is 282 g/mol. The number of rotatable bonds is 6. The first-order valence-corrected chi connectivity index (χ1v) is 7.44. The molecule has 1 aliphatic carbocycles. The smallest absolute Gasteiger partial charge is 0.311 e. The van der Waals surface area contributed by atoms with Gasteiger partial charge in [0.25, 0.3) is 0 Å². The number of nitrogens with zero attached hydrogens (tertiary/aromatic N) is 1. The summed E-state index contributed by atoms with van der Waals surface area (Å²) in [6.45, 7) is 0.884. The molecular weight excluding hydrogens is 264 g/mol. The summed E-state index contributed by atoms with van der Waals surface area (Å²) in [6.07, 6.45) is 5.87. The van der Waals surface area contributed by atoms with Crippen LogP contribution >= 0.6 is 11.8 Å². The van der Waals surface area contributed by atoms with E-state index in [1.165, 1.54) is 32.4 Å². The molecule has 0 aliphatic heterocycles. The number of ether oxygens (including phenoxy) is 1. The third-order valence-electron chi connectivity index (χ3n) is 3.69. The van der Waals surface area contributed by atoms with Crippen LogP contribution in [0.2, 0.25) is 0 Å². The normalized spacial score (nSPS) is 16.5. The summed E-state index contributed by atoms with van der Waals surface area (Å²) in [4.78, 5) is 10.4. The van der Waals surface area contributed by atoms with E-state index in [0.29, 0.717) is 10.5 Å². The standard InChI is InChI=1S/C13H18N2O3S/c1-18-12-8-10(4-5-11(12)15(16)17)14-9-13(19-2)6-3-7-13/h4-5,8,14H,3,6-7,9H2,1-2H3. The zero-order valence-corrected chi connectivity index (χ0v) is 12.0. The molecule has 0 saturated heterocycles.